The van der Waals surface area contributed by atoms with Gasteiger partial charge < -0.3 is 5.11 Å². The van der Waals surface area contributed by atoms with Crippen molar-refractivity contribution >= 4 is 17.7 Å². The molecule has 0 aromatic heterocycles. The quantitative estimate of drug-likeness (QED) is 0.761. The number of rotatable bonds is 4. The van der Waals surface area contributed by atoms with E-state index in [2.05, 4.69) is 13.8 Å². The van der Waals surface area contributed by atoms with E-state index in [1.165, 1.54) is 0 Å². The van der Waals surface area contributed by atoms with Crippen LogP contribution in [0.5, 0.6) is 0 Å². The molecule has 1 rings (SSSR count). The molecule has 1 fully saturated rings. The Morgan fingerprint density at radius 1 is 1.77 bits per heavy atom. The molecule has 0 spiro atoms. The minimum absolute atomic E-state index is 0.337. The van der Waals surface area contributed by atoms with Crippen molar-refractivity contribution in [2.24, 2.45) is 5.92 Å². The second-order valence-corrected chi connectivity index (χ2v) is 5.74. The summed E-state index contributed by atoms with van der Waals surface area (Å²) in [6, 6.07) is 0. The van der Waals surface area contributed by atoms with Crippen molar-refractivity contribution in [2.45, 2.75) is 50.0 Å². The summed E-state index contributed by atoms with van der Waals surface area (Å²) in [7, 11) is 0. The third-order valence-electron chi connectivity index (χ3n) is 3.09. The molecule has 1 aliphatic rings. The molecule has 3 unspecified atom stereocenters. The first kappa shape index (κ1) is 10.9. The maximum Gasteiger partial charge on any atom is 0.320 e. The van der Waals surface area contributed by atoms with Gasteiger partial charge in [0.1, 0.15) is 4.75 Å². The van der Waals surface area contributed by atoms with E-state index in [1.807, 2.05) is 6.92 Å². The fourth-order valence-electron chi connectivity index (χ4n) is 1.68. The Labute approximate surface area is 84.1 Å². The van der Waals surface area contributed by atoms with E-state index in [-0.39, 0.29) is 0 Å². The summed E-state index contributed by atoms with van der Waals surface area (Å²) in [5.41, 5.74) is 0. The minimum atomic E-state index is -0.614. The van der Waals surface area contributed by atoms with Crippen molar-refractivity contribution in [1.82, 2.24) is 0 Å². The Bertz CT molecular complexity index is 205. The highest BCUT2D eigenvalue weighted by atomic mass is 32.2. The first-order valence-electron chi connectivity index (χ1n) is 4.94. The zero-order valence-corrected chi connectivity index (χ0v) is 9.36. The van der Waals surface area contributed by atoms with E-state index in [9.17, 15) is 9.90 Å². The van der Waals surface area contributed by atoms with Gasteiger partial charge in [-0.25, -0.2) is 0 Å². The molecule has 0 heterocycles. The van der Waals surface area contributed by atoms with Gasteiger partial charge in [0, 0.05) is 5.25 Å². The molecule has 1 saturated carbocycles. The van der Waals surface area contributed by atoms with Crippen LogP contribution in [0.1, 0.15) is 40.0 Å². The van der Waals surface area contributed by atoms with Gasteiger partial charge in [0.25, 0.3) is 0 Å². The summed E-state index contributed by atoms with van der Waals surface area (Å²) in [5.74, 6) is -0.277. The second kappa shape index (κ2) is 3.91. The third-order valence-corrected chi connectivity index (χ3v) is 5.03. The molecule has 13 heavy (non-hydrogen) atoms. The molecule has 3 heteroatoms. The molecule has 1 N–H and O–H groups in total. The fourth-order valence-corrected chi connectivity index (χ4v) is 3.25. The summed E-state index contributed by atoms with van der Waals surface area (Å²) in [4.78, 5) is 11.1. The highest BCUT2D eigenvalue weighted by molar-refractivity contribution is 8.02. The van der Waals surface area contributed by atoms with Gasteiger partial charge in [-0.2, -0.15) is 0 Å². The molecule has 0 bridgehead atoms. The van der Waals surface area contributed by atoms with Crippen LogP contribution in [-0.4, -0.2) is 21.1 Å². The van der Waals surface area contributed by atoms with Gasteiger partial charge in [-0.1, -0.05) is 20.8 Å². The zero-order valence-electron chi connectivity index (χ0n) is 8.54. The van der Waals surface area contributed by atoms with E-state index < -0.39 is 10.7 Å². The summed E-state index contributed by atoms with van der Waals surface area (Å²) in [6.45, 7) is 6.27. The largest absolute Gasteiger partial charge is 0.480 e. The lowest BCUT2D eigenvalue weighted by molar-refractivity contribution is -0.144. The van der Waals surface area contributed by atoms with Crippen LogP contribution in [0.3, 0.4) is 0 Å². The lowest BCUT2D eigenvalue weighted by atomic mass is 9.74. The van der Waals surface area contributed by atoms with E-state index in [0.29, 0.717) is 11.2 Å². The first-order chi connectivity index (χ1) is 6.03. The number of carboxylic acid groups (broad SMARTS) is 1. The maximum absolute atomic E-state index is 11.1. The fraction of sp³-hybridized carbons (Fsp3) is 0.900. The number of hydrogen-bond acceptors (Lipinski definition) is 2. The van der Waals surface area contributed by atoms with Crippen LogP contribution in [0.4, 0.5) is 0 Å². The number of aliphatic carboxylic acids is 1. The van der Waals surface area contributed by atoms with Crippen molar-refractivity contribution in [2.75, 3.05) is 0 Å². The van der Waals surface area contributed by atoms with Gasteiger partial charge >= 0.3 is 5.97 Å². The Hall–Kier alpha value is -0.180. The Balaban J connectivity index is 2.64. The molecule has 76 valence electrons. The second-order valence-electron chi connectivity index (χ2n) is 3.97. The van der Waals surface area contributed by atoms with Crippen molar-refractivity contribution < 1.29 is 9.90 Å². The lowest BCUT2D eigenvalue weighted by Crippen LogP contribution is -2.50. The third kappa shape index (κ3) is 1.85. The van der Waals surface area contributed by atoms with Crippen LogP contribution < -0.4 is 0 Å². The van der Waals surface area contributed by atoms with Crippen LogP contribution in [0.2, 0.25) is 0 Å². The van der Waals surface area contributed by atoms with E-state index in [0.717, 1.165) is 19.3 Å². The highest BCUT2D eigenvalue weighted by Gasteiger charge is 2.51. The first-order valence-corrected chi connectivity index (χ1v) is 5.82. The molecular weight excluding hydrogens is 184 g/mol. The summed E-state index contributed by atoms with van der Waals surface area (Å²) < 4.78 is -0.463. The van der Waals surface area contributed by atoms with Gasteiger partial charge in [0.2, 0.25) is 0 Å². The molecule has 0 saturated heterocycles. The number of carbonyl (C=O) groups is 1. The molecule has 0 aliphatic heterocycles. The smallest absolute Gasteiger partial charge is 0.320 e. The average molecular weight is 202 g/mol. The minimum Gasteiger partial charge on any atom is -0.480 e. The van der Waals surface area contributed by atoms with E-state index in [4.69, 9.17) is 0 Å². The van der Waals surface area contributed by atoms with Gasteiger partial charge in [-0.15, -0.1) is 11.8 Å². The molecule has 1 aliphatic carbocycles. The van der Waals surface area contributed by atoms with E-state index in [1.54, 1.807) is 11.8 Å². The zero-order chi connectivity index (χ0) is 10.1. The van der Waals surface area contributed by atoms with E-state index >= 15 is 0 Å². The molecule has 2 nitrogen and oxygen atoms in total. The Morgan fingerprint density at radius 3 is 2.62 bits per heavy atom. The van der Waals surface area contributed by atoms with Crippen LogP contribution in [0.15, 0.2) is 0 Å². The van der Waals surface area contributed by atoms with Crippen molar-refractivity contribution in [3.8, 4) is 0 Å². The maximum atomic E-state index is 11.1. The molecule has 0 amide bonds. The molecule has 0 radical (unpaired) electrons. The van der Waals surface area contributed by atoms with Gasteiger partial charge in [0.15, 0.2) is 0 Å². The number of thioether (sulfide) groups is 1. The summed E-state index contributed by atoms with van der Waals surface area (Å²) in [5, 5.41) is 9.64. The summed E-state index contributed by atoms with van der Waals surface area (Å²) >= 11 is 1.65. The van der Waals surface area contributed by atoms with Crippen LogP contribution in [0, 0.1) is 5.92 Å². The molecule has 0 aromatic rings. The topological polar surface area (TPSA) is 37.3 Å². The highest BCUT2D eigenvalue weighted by Crippen LogP contribution is 2.50. The molecular formula is C10H18O2S. The van der Waals surface area contributed by atoms with Crippen LogP contribution in [-0.2, 0) is 4.79 Å². The van der Waals surface area contributed by atoms with Gasteiger partial charge in [0.05, 0.1) is 0 Å². The standard InChI is InChI=1S/C10H18O2S/c1-4-8(3)13-10(9(11)12)6-5-7(10)2/h7-8H,4-6H2,1-3H3,(H,11,12). The predicted molar refractivity (Wildman–Crippen MR) is 56.1 cm³/mol. The lowest BCUT2D eigenvalue weighted by Gasteiger charge is -2.45. The van der Waals surface area contributed by atoms with Crippen LogP contribution >= 0.6 is 11.8 Å². The summed E-state index contributed by atoms with van der Waals surface area (Å²) in [6.07, 6.45) is 2.96. The van der Waals surface area contributed by atoms with Gasteiger partial charge in [-0.3, -0.25) is 4.79 Å². The van der Waals surface area contributed by atoms with Crippen molar-refractivity contribution in [1.29, 1.82) is 0 Å². The number of hydrogen-bond donors (Lipinski definition) is 1. The van der Waals surface area contributed by atoms with Crippen LogP contribution in [0.25, 0.3) is 0 Å². The Morgan fingerprint density at radius 2 is 2.38 bits per heavy atom. The predicted octanol–water partition coefficient (Wildman–Crippen LogP) is 2.77. The molecule has 0 aromatic carbocycles. The molecule has 3 atom stereocenters. The monoisotopic (exact) mass is 202 g/mol. The van der Waals surface area contributed by atoms with Crippen molar-refractivity contribution in [3.05, 3.63) is 0 Å². The average Bonchev–Trinajstić information content (AvgIpc) is 2.10. The Kier molecular flexibility index (Phi) is 3.28. The van der Waals surface area contributed by atoms with Crippen molar-refractivity contribution in [3.63, 3.8) is 0 Å². The van der Waals surface area contributed by atoms with Gasteiger partial charge in [-0.05, 0) is 25.2 Å². The number of carboxylic acids is 1. The SMILES string of the molecule is CCC(C)SC1(C(=O)O)CCC1C. The normalized spacial score (nSPS) is 35.2.